The molecule has 1 aliphatic carbocycles. The fraction of sp³-hybridized carbons (Fsp3) is 0.250. The molecule has 2 N–H and O–H groups in total. The third-order valence-corrected chi connectivity index (χ3v) is 3.87. The molecule has 1 unspecified atom stereocenters. The number of benzene rings is 2. The third kappa shape index (κ3) is 1.98. The average molecular weight is 265 g/mol. The molecule has 1 aliphatic rings. The van der Waals surface area contributed by atoms with Crippen molar-refractivity contribution in [3.63, 3.8) is 0 Å². The van der Waals surface area contributed by atoms with Crippen LogP contribution in [0.2, 0.25) is 0 Å². The van der Waals surface area contributed by atoms with Crippen LogP contribution < -0.4 is 5.73 Å². The molecule has 0 radical (unpaired) electrons. The zero-order valence-electron chi connectivity index (χ0n) is 11.0. The van der Waals surface area contributed by atoms with Crippen LogP contribution in [0, 0.1) is 5.92 Å². The van der Waals surface area contributed by atoms with Crippen LogP contribution in [-0.4, -0.2) is 10.1 Å². The highest BCUT2D eigenvalue weighted by Crippen LogP contribution is 2.38. The molecule has 3 aromatic rings. The highest BCUT2D eigenvalue weighted by Gasteiger charge is 2.32. The van der Waals surface area contributed by atoms with Gasteiger partial charge in [0, 0.05) is 5.56 Å². The standard InChI is InChI=1S/C16H15N3O/c17-14(11-6-7-11)15-18-16(20-19-15)13-8-5-10-3-1-2-4-12(10)9-13/h1-5,8-9,11,14H,6-7,17H2. The monoisotopic (exact) mass is 265 g/mol. The van der Waals surface area contributed by atoms with Gasteiger partial charge in [0.25, 0.3) is 5.89 Å². The highest BCUT2D eigenvalue weighted by molar-refractivity contribution is 5.86. The number of rotatable bonds is 3. The van der Waals surface area contributed by atoms with Crippen molar-refractivity contribution >= 4 is 10.8 Å². The number of aromatic nitrogens is 2. The van der Waals surface area contributed by atoms with Crippen LogP contribution in [0.1, 0.15) is 24.7 Å². The lowest BCUT2D eigenvalue weighted by atomic mass is 10.1. The molecule has 0 aliphatic heterocycles. The lowest BCUT2D eigenvalue weighted by Crippen LogP contribution is -2.13. The van der Waals surface area contributed by atoms with Crippen LogP contribution in [0.15, 0.2) is 47.0 Å². The zero-order valence-corrected chi connectivity index (χ0v) is 11.0. The van der Waals surface area contributed by atoms with E-state index in [1.54, 1.807) is 0 Å². The molecule has 0 spiro atoms. The normalized spacial score (nSPS) is 16.4. The van der Waals surface area contributed by atoms with Gasteiger partial charge in [0.15, 0.2) is 5.82 Å². The number of nitrogens with two attached hydrogens (primary N) is 1. The van der Waals surface area contributed by atoms with Crippen molar-refractivity contribution in [2.75, 3.05) is 0 Å². The van der Waals surface area contributed by atoms with Crippen LogP contribution in [0.25, 0.3) is 22.2 Å². The molecule has 100 valence electrons. The maximum absolute atomic E-state index is 6.10. The molecule has 1 fully saturated rings. The number of hydrogen-bond acceptors (Lipinski definition) is 4. The van der Waals surface area contributed by atoms with E-state index in [9.17, 15) is 0 Å². The number of fused-ring (bicyclic) bond motifs is 1. The average Bonchev–Trinajstić information content (AvgIpc) is 3.23. The molecule has 0 amide bonds. The number of nitrogens with zero attached hydrogens (tertiary/aromatic N) is 2. The Labute approximate surface area is 116 Å². The molecular formula is C16H15N3O. The largest absolute Gasteiger partial charge is 0.334 e. The minimum atomic E-state index is -0.0899. The second kappa shape index (κ2) is 4.42. The summed E-state index contributed by atoms with van der Waals surface area (Å²) < 4.78 is 5.36. The van der Waals surface area contributed by atoms with Crippen LogP contribution in [0.4, 0.5) is 0 Å². The first kappa shape index (κ1) is 11.6. The van der Waals surface area contributed by atoms with Crippen LogP contribution in [-0.2, 0) is 0 Å². The second-order valence-electron chi connectivity index (χ2n) is 5.38. The topological polar surface area (TPSA) is 64.9 Å². The number of hydrogen-bond donors (Lipinski definition) is 1. The van der Waals surface area contributed by atoms with Gasteiger partial charge in [-0.25, -0.2) is 0 Å². The van der Waals surface area contributed by atoms with Gasteiger partial charge in [-0.1, -0.05) is 35.5 Å². The first-order valence-corrected chi connectivity index (χ1v) is 6.89. The van der Waals surface area contributed by atoms with Crippen molar-refractivity contribution in [2.45, 2.75) is 18.9 Å². The Morgan fingerprint density at radius 3 is 2.70 bits per heavy atom. The molecule has 4 nitrogen and oxygen atoms in total. The summed E-state index contributed by atoms with van der Waals surface area (Å²) in [6.45, 7) is 0. The summed E-state index contributed by atoms with van der Waals surface area (Å²) in [7, 11) is 0. The Bertz CT molecular complexity index is 761. The van der Waals surface area contributed by atoms with E-state index in [1.165, 1.54) is 18.2 Å². The Balaban J connectivity index is 1.71. The van der Waals surface area contributed by atoms with Crippen molar-refractivity contribution < 1.29 is 4.52 Å². The summed E-state index contributed by atoms with van der Waals surface area (Å²) in [6, 6.07) is 14.3. The highest BCUT2D eigenvalue weighted by atomic mass is 16.5. The first-order valence-electron chi connectivity index (χ1n) is 6.89. The van der Waals surface area contributed by atoms with E-state index < -0.39 is 0 Å². The van der Waals surface area contributed by atoms with Crippen LogP contribution >= 0.6 is 0 Å². The summed E-state index contributed by atoms with van der Waals surface area (Å²) in [5.74, 6) is 1.69. The third-order valence-electron chi connectivity index (χ3n) is 3.87. The summed E-state index contributed by atoms with van der Waals surface area (Å²) in [4.78, 5) is 4.45. The van der Waals surface area contributed by atoms with E-state index in [4.69, 9.17) is 10.3 Å². The smallest absolute Gasteiger partial charge is 0.258 e. The minimum absolute atomic E-state index is 0.0899. The van der Waals surface area contributed by atoms with Gasteiger partial charge in [0.1, 0.15) is 0 Å². The first-order chi connectivity index (χ1) is 9.81. The van der Waals surface area contributed by atoms with E-state index in [-0.39, 0.29) is 6.04 Å². The van der Waals surface area contributed by atoms with Gasteiger partial charge >= 0.3 is 0 Å². The van der Waals surface area contributed by atoms with Gasteiger partial charge in [0.2, 0.25) is 0 Å². The quantitative estimate of drug-likeness (QED) is 0.789. The molecule has 2 aromatic carbocycles. The molecule has 1 aromatic heterocycles. The van der Waals surface area contributed by atoms with E-state index in [1.807, 2.05) is 18.2 Å². The molecule has 20 heavy (non-hydrogen) atoms. The summed E-state index contributed by atoms with van der Waals surface area (Å²) in [6.07, 6.45) is 2.34. The van der Waals surface area contributed by atoms with Crippen molar-refractivity contribution in [3.05, 3.63) is 48.3 Å². The molecule has 0 saturated heterocycles. The Hall–Kier alpha value is -2.20. The van der Waals surface area contributed by atoms with Crippen LogP contribution in [0.3, 0.4) is 0 Å². The van der Waals surface area contributed by atoms with Crippen molar-refractivity contribution in [2.24, 2.45) is 11.7 Å². The lowest BCUT2D eigenvalue weighted by Gasteiger charge is -2.02. The molecule has 4 rings (SSSR count). The molecule has 1 heterocycles. The Kier molecular flexibility index (Phi) is 2.57. The molecule has 1 atom stereocenters. The molecule has 4 heteroatoms. The summed E-state index contributed by atoms with van der Waals surface area (Å²) >= 11 is 0. The molecule has 1 saturated carbocycles. The van der Waals surface area contributed by atoms with Crippen molar-refractivity contribution in [1.82, 2.24) is 10.1 Å². The predicted molar refractivity (Wildman–Crippen MR) is 76.9 cm³/mol. The van der Waals surface area contributed by atoms with Crippen LogP contribution in [0.5, 0.6) is 0 Å². The fourth-order valence-corrected chi connectivity index (χ4v) is 2.48. The van der Waals surface area contributed by atoms with Gasteiger partial charge in [0.05, 0.1) is 6.04 Å². The van der Waals surface area contributed by atoms with E-state index >= 15 is 0 Å². The van der Waals surface area contributed by atoms with Gasteiger partial charge in [-0.3, -0.25) is 0 Å². The van der Waals surface area contributed by atoms with Gasteiger partial charge in [-0.15, -0.1) is 0 Å². The predicted octanol–water partition coefficient (Wildman–Crippen LogP) is 3.30. The molecular weight excluding hydrogens is 250 g/mol. The Morgan fingerprint density at radius 2 is 1.90 bits per heavy atom. The SMILES string of the molecule is NC(c1noc(-c2ccc3ccccc3c2)n1)C1CC1. The zero-order chi connectivity index (χ0) is 13.5. The molecule has 0 bridgehead atoms. The van der Waals surface area contributed by atoms with Crippen molar-refractivity contribution in [3.8, 4) is 11.5 Å². The fourth-order valence-electron chi connectivity index (χ4n) is 2.48. The Morgan fingerprint density at radius 1 is 1.10 bits per heavy atom. The van der Waals surface area contributed by atoms with E-state index in [2.05, 4.69) is 34.4 Å². The van der Waals surface area contributed by atoms with Crippen molar-refractivity contribution in [1.29, 1.82) is 0 Å². The second-order valence-corrected chi connectivity index (χ2v) is 5.38. The minimum Gasteiger partial charge on any atom is -0.334 e. The maximum Gasteiger partial charge on any atom is 0.258 e. The summed E-state index contributed by atoms with van der Waals surface area (Å²) in [5, 5.41) is 6.39. The van der Waals surface area contributed by atoms with Gasteiger partial charge in [-0.05, 0) is 41.7 Å². The van der Waals surface area contributed by atoms with Gasteiger partial charge < -0.3 is 10.3 Å². The lowest BCUT2D eigenvalue weighted by molar-refractivity contribution is 0.411. The van der Waals surface area contributed by atoms with E-state index in [0.717, 1.165) is 10.9 Å². The summed E-state index contributed by atoms with van der Waals surface area (Å²) in [5.41, 5.74) is 7.03. The maximum atomic E-state index is 6.10. The van der Waals surface area contributed by atoms with E-state index in [0.29, 0.717) is 17.6 Å². The van der Waals surface area contributed by atoms with Gasteiger partial charge in [-0.2, -0.15) is 4.98 Å².